The zero-order valence-corrected chi connectivity index (χ0v) is 9.57. The van der Waals surface area contributed by atoms with Crippen molar-refractivity contribution in [3.63, 3.8) is 0 Å². The van der Waals surface area contributed by atoms with E-state index in [1.165, 1.54) is 36.4 Å². The number of nitrogens with one attached hydrogen (secondary N) is 1. The summed E-state index contributed by atoms with van der Waals surface area (Å²) in [5, 5.41) is 6.79. The Hall–Kier alpha value is -0.410. The average molecular weight is 210 g/mol. The number of rotatable bonds is 5. The van der Waals surface area contributed by atoms with Crippen LogP contribution in [0.4, 0.5) is 0 Å². The maximum absolute atomic E-state index is 4.69. The van der Waals surface area contributed by atoms with Crippen LogP contribution in [-0.4, -0.2) is 18.6 Å². The molecule has 1 saturated carbocycles. The first-order valence-electron chi connectivity index (χ1n) is 5.49. The largest absolute Gasteiger partial charge is 0.320 e. The topological polar surface area (TPSA) is 24.9 Å². The minimum atomic E-state index is 0.804. The van der Waals surface area contributed by atoms with Crippen molar-refractivity contribution in [1.82, 2.24) is 10.3 Å². The summed E-state index contributed by atoms with van der Waals surface area (Å²) >= 11 is 1.86. The lowest BCUT2D eigenvalue weighted by Crippen LogP contribution is -2.09. The fraction of sp³-hybridized carbons (Fsp3) is 0.727. The van der Waals surface area contributed by atoms with Crippen LogP contribution < -0.4 is 5.32 Å². The number of aromatic nitrogens is 1. The summed E-state index contributed by atoms with van der Waals surface area (Å²) in [6.45, 7) is 1.09. The summed E-state index contributed by atoms with van der Waals surface area (Å²) in [6, 6.07) is 0. The molecule has 0 aliphatic heterocycles. The summed E-state index contributed by atoms with van der Waals surface area (Å²) in [4.78, 5) is 4.69. The van der Waals surface area contributed by atoms with Crippen LogP contribution in [0.5, 0.6) is 0 Å². The Morgan fingerprint density at radius 1 is 1.57 bits per heavy atom. The molecule has 1 N–H and O–H groups in total. The van der Waals surface area contributed by atoms with E-state index in [0.29, 0.717) is 0 Å². The van der Waals surface area contributed by atoms with Gasteiger partial charge in [0.05, 0.1) is 10.7 Å². The highest BCUT2D eigenvalue weighted by atomic mass is 32.1. The van der Waals surface area contributed by atoms with Gasteiger partial charge in [0.1, 0.15) is 0 Å². The molecule has 14 heavy (non-hydrogen) atoms. The Kier molecular flexibility index (Phi) is 3.54. The summed E-state index contributed by atoms with van der Waals surface area (Å²) < 4.78 is 0. The predicted molar refractivity (Wildman–Crippen MR) is 61.0 cm³/mol. The summed E-state index contributed by atoms with van der Waals surface area (Å²) in [6.07, 6.45) is 6.46. The SMILES string of the molecule is CNCCCc1csc(C2CCC2)n1. The van der Waals surface area contributed by atoms with E-state index in [2.05, 4.69) is 10.7 Å². The zero-order valence-electron chi connectivity index (χ0n) is 8.75. The zero-order chi connectivity index (χ0) is 9.80. The van der Waals surface area contributed by atoms with Gasteiger partial charge in [0.2, 0.25) is 0 Å². The highest BCUT2D eigenvalue weighted by molar-refractivity contribution is 7.09. The van der Waals surface area contributed by atoms with E-state index in [4.69, 9.17) is 4.98 Å². The van der Waals surface area contributed by atoms with E-state index in [-0.39, 0.29) is 0 Å². The highest BCUT2D eigenvalue weighted by Crippen LogP contribution is 2.37. The smallest absolute Gasteiger partial charge is 0.0959 e. The molecule has 0 aromatic carbocycles. The molecule has 1 aliphatic rings. The van der Waals surface area contributed by atoms with Gasteiger partial charge in [-0.25, -0.2) is 4.98 Å². The first-order valence-corrected chi connectivity index (χ1v) is 6.37. The van der Waals surface area contributed by atoms with Crippen LogP contribution in [0.15, 0.2) is 5.38 Å². The molecule has 3 heteroatoms. The molecule has 2 nitrogen and oxygen atoms in total. The van der Waals surface area contributed by atoms with Gasteiger partial charge in [-0.05, 0) is 39.3 Å². The van der Waals surface area contributed by atoms with Crippen molar-refractivity contribution in [2.24, 2.45) is 0 Å². The van der Waals surface area contributed by atoms with Gasteiger partial charge in [-0.3, -0.25) is 0 Å². The van der Waals surface area contributed by atoms with Crippen LogP contribution in [-0.2, 0) is 6.42 Å². The normalized spacial score (nSPS) is 16.9. The van der Waals surface area contributed by atoms with Gasteiger partial charge in [-0.15, -0.1) is 11.3 Å². The third-order valence-corrected chi connectivity index (χ3v) is 3.94. The first-order chi connectivity index (χ1) is 6.90. The average Bonchev–Trinajstić information content (AvgIpc) is 2.51. The van der Waals surface area contributed by atoms with Crippen molar-refractivity contribution in [3.05, 3.63) is 16.1 Å². The van der Waals surface area contributed by atoms with Crippen molar-refractivity contribution in [1.29, 1.82) is 0 Å². The molecule has 1 heterocycles. The molecule has 2 rings (SSSR count). The lowest BCUT2D eigenvalue weighted by atomic mass is 9.86. The third-order valence-electron chi connectivity index (χ3n) is 2.88. The molecule has 0 atom stereocenters. The standard InChI is InChI=1S/C11H18N2S/c1-12-7-3-6-10-8-14-11(13-10)9-4-2-5-9/h8-9,12H,2-7H2,1H3. The van der Waals surface area contributed by atoms with Crippen molar-refractivity contribution in [3.8, 4) is 0 Å². The van der Waals surface area contributed by atoms with Gasteiger partial charge < -0.3 is 5.32 Å². The van der Waals surface area contributed by atoms with Crippen LogP contribution in [0.25, 0.3) is 0 Å². The number of thiazole rings is 1. The lowest BCUT2D eigenvalue weighted by Gasteiger charge is -2.22. The Balaban J connectivity index is 1.83. The molecule has 1 aliphatic carbocycles. The monoisotopic (exact) mass is 210 g/mol. The van der Waals surface area contributed by atoms with Gasteiger partial charge in [0, 0.05) is 11.3 Å². The van der Waals surface area contributed by atoms with Gasteiger partial charge >= 0.3 is 0 Å². The van der Waals surface area contributed by atoms with Crippen LogP contribution in [0, 0.1) is 0 Å². The highest BCUT2D eigenvalue weighted by Gasteiger charge is 2.22. The van der Waals surface area contributed by atoms with Gasteiger partial charge in [-0.1, -0.05) is 6.42 Å². The Morgan fingerprint density at radius 2 is 2.43 bits per heavy atom. The van der Waals surface area contributed by atoms with Gasteiger partial charge in [0.15, 0.2) is 0 Å². The quantitative estimate of drug-likeness (QED) is 0.756. The van der Waals surface area contributed by atoms with E-state index in [1.54, 1.807) is 0 Å². The molecule has 0 amide bonds. The predicted octanol–water partition coefficient (Wildman–Crippen LogP) is 2.56. The Morgan fingerprint density at radius 3 is 3.07 bits per heavy atom. The van der Waals surface area contributed by atoms with E-state index in [9.17, 15) is 0 Å². The fourth-order valence-corrected chi connectivity index (χ4v) is 2.75. The molecular formula is C11H18N2S. The van der Waals surface area contributed by atoms with Crippen molar-refractivity contribution < 1.29 is 0 Å². The van der Waals surface area contributed by atoms with Crippen molar-refractivity contribution >= 4 is 11.3 Å². The first kappa shape index (κ1) is 10.1. The lowest BCUT2D eigenvalue weighted by molar-refractivity contribution is 0.417. The molecular weight excluding hydrogens is 192 g/mol. The third kappa shape index (κ3) is 2.34. The van der Waals surface area contributed by atoms with Crippen LogP contribution >= 0.6 is 11.3 Å². The van der Waals surface area contributed by atoms with Crippen LogP contribution in [0.3, 0.4) is 0 Å². The fourth-order valence-electron chi connectivity index (χ4n) is 1.73. The molecule has 0 unspecified atom stereocenters. The van der Waals surface area contributed by atoms with E-state index in [1.807, 2.05) is 18.4 Å². The summed E-state index contributed by atoms with van der Waals surface area (Å²) in [7, 11) is 2.00. The van der Waals surface area contributed by atoms with Crippen molar-refractivity contribution in [2.75, 3.05) is 13.6 Å². The molecule has 0 spiro atoms. The Labute approximate surface area is 89.8 Å². The number of hydrogen-bond donors (Lipinski definition) is 1. The maximum atomic E-state index is 4.69. The maximum Gasteiger partial charge on any atom is 0.0959 e. The number of nitrogens with zero attached hydrogens (tertiary/aromatic N) is 1. The van der Waals surface area contributed by atoms with Gasteiger partial charge in [-0.2, -0.15) is 0 Å². The van der Waals surface area contributed by atoms with Crippen LogP contribution in [0.2, 0.25) is 0 Å². The molecule has 0 bridgehead atoms. The van der Waals surface area contributed by atoms with Crippen molar-refractivity contribution in [2.45, 2.75) is 38.0 Å². The minimum absolute atomic E-state index is 0.804. The number of aryl methyl sites for hydroxylation is 1. The Bertz CT molecular complexity index is 279. The summed E-state index contributed by atoms with van der Waals surface area (Å²) in [5.41, 5.74) is 1.30. The summed E-state index contributed by atoms with van der Waals surface area (Å²) in [5.74, 6) is 0.804. The second kappa shape index (κ2) is 4.89. The second-order valence-corrected chi connectivity index (χ2v) is 4.90. The van der Waals surface area contributed by atoms with Gasteiger partial charge in [0.25, 0.3) is 0 Å². The van der Waals surface area contributed by atoms with E-state index >= 15 is 0 Å². The minimum Gasteiger partial charge on any atom is -0.320 e. The van der Waals surface area contributed by atoms with Crippen LogP contribution in [0.1, 0.15) is 42.3 Å². The molecule has 0 radical (unpaired) electrons. The van der Waals surface area contributed by atoms with E-state index in [0.717, 1.165) is 18.9 Å². The second-order valence-electron chi connectivity index (χ2n) is 4.01. The molecule has 78 valence electrons. The number of hydrogen-bond acceptors (Lipinski definition) is 3. The molecule has 1 aromatic rings. The molecule has 0 saturated heterocycles. The molecule has 1 fully saturated rings. The van der Waals surface area contributed by atoms with E-state index < -0.39 is 0 Å². The molecule has 1 aromatic heterocycles.